The van der Waals surface area contributed by atoms with E-state index in [0.29, 0.717) is 0 Å². The van der Waals surface area contributed by atoms with Crippen molar-refractivity contribution in [3.05, 3.63) is 0 Å². The molecule has 0 radical (unpaired) electrons. The predicted octanol–water partition coefficient (Wildman–Crippen LogP) is 2.44. The van der Waals surface area contributed by atoms with Gasteiger partial charge < -0.3 is 10.2 Å². The maximum Gasteiger partial charge on any atom is 0.0641 e. The number of hydrogen-bond donors (Lipinski definition) is 2. The van der Waals surface area contributed by atoms with Crippen molar-refractivity contribution in [3.63, 3.8) is 0 Å². The van der Waals surface area contributed by atoms with Gasteiger partial charge in [-0.05, 0) is 17.8 Å². The molecule has 14 heavy (non-hydrogen) atoms. The highest BCUT2D eigenvalue weighted by Gasteiger charge is 2.34. The second-order valence-corrected chi connectivity index (χ2v) is 5.62. The highest BCUT2D eigenvalue weighted by atomic mass is 16.3. The molecule has 0 aromatic heterocycles. The summed E-state index contributed by atoms with van der Waals surface area (Å²) in [5.41, 5.74) is -0.156. The van der Waals surface area contributed by atoms with Crippen molar-refractivity contribution in [2.75, 3.05) is 0 Å². The molecule has 0 saturated heterocycles. The minimum absolute atomic E-state index is 0.0185. The van der Waals surface area contributed by atoms with Crippen LogP contribution in [-0.4, -0.2) is 22.4 Å². The zero-order valence-corrected chi connectivity index (χ0v) is 10.4. The maximum atomic E-state index is 10.1. The smallest absolute Gasteiger partial charge is 0.0641 e. The normalized spacial score (nSPS) is 19.5. The Hall–Kier alpha value is -0.0800. The first-order valence-corrected chi connectivity index (χ1v) is 5.58. The molecule has 0 fully saturated rings. The number of aliphatic hydroxyl groups excluding tert-OH is 2. The number of hydrogen-bond acceptors (Lipinski definition) is 2. The molecule has 2 heteroatoms. The van der Waals surface area contributed by atoms with E-state index in [0.717, 1.165) is 6.42 Å². The highest BCUT2D eigenvalue weighted by molar-refractivity contribution is 4.84. The largest absolute Gasteiger partial charge is 0.392 e. The van der Waals surface area contributed by atoms with Crippen LogP contribution < -0.4 is 0 Å². The molecule has 0 saturated carbocycles. The van der Waals surface area contributed by atoms with Gasteiger partial charge in [-0.2, -0.15) is 0 Å². The molecule has 0 aliphatic carbocycles. The summed E-state index contributed by atoms with van der Waals surface area (Å²) in [4.78, 5) is 0. The third-order valence-electron chi connectivity index (χ3n) is 2.89. The van der Waals surface area contributed by atoms with Crippen molar-refractivity contribution in [2.24, 2.45) is 17.3 Å². The predicted molar refractivity (Wildman–Crippen MR) is 60.1 cm³/mol. The average molecular weight is 202 g/mol. The molecule has 86 valence electrons. The molecule has 2 N–H and O–H groups in total. The Kier molecular flexibility index (Phi) is 5.10. The minimum atomic E-state index is -0.440. The first kappa shape index (κ1) is 13.9. The second-order valence-electron chi connectivity index (χ2n) is 5.62. The van der Waals surface area contributed by atoms with E-state index in [-0.39, 0.29) is 17.3 Å². The zero-order valence-electron chi connectivity index (χ0n) is 10.4. The van der Waals surface area contributed by atoms with Crippen LogP contribution in [0.25, 0.3) is 0 Å². The van der Waals surface area contributed by atoms with Crippen LogP contribution in [0, 0.1) is 17.3 Å². The summed E-state index contributed by atoms with van der Waals surface area (Å²) < 4.78 is 0. The molecule has 0 aromatic carbocycles. The van der Waals surface area contributed by atoms with E-state index in [1.807, 2.05) is 41.5 Å². The molecule has 0 aromatic rings. The molecule has 0 bridgehead atoms. The van der Waals surface area contributed by atoms with Gasteiger partial charge in [0.1, 0.15) is 0 Å². The van der Waals surface area contributed by atoms with Crippen LogP contribution in [0.4, 0.5) is 0 Å². The van der Waals surface area contributed by atoms with Gasteiger partial charge in [-0.15, -0.1) is 0 Å². The summed E-state index contributed by atoms with van der Waals surface area (Å²) in [6.45, 7) is 12.0. The summed E-state index contributed by atoms with van der Waals surface area (Å²) in [7, 11) is 0. The highest BCUT2D eigenvalue weighted by Crippen LogP contribution is 2.31. The molecule has 3 atom stereocenters. The summed E-state index contributed by atoms with van der Waals surface area (Å²) in [6.07, 6.45) is -0.0308. The molecule has 0 aliphatic rings. The number of rotatable bonds is 4. The van der Waals surface area contributed by atoms with Gasteiger partial charge in [0.15, 0.2) is 0 Å². The molecule has 0 spiro atoms. The van der Waals surface area contributed by atoms with E-state index in [1.165, 1.54) is 0 Å². The summed E-state index contributed by atoms with van der Waals surface area (Å²) in [6, 6.07) is 0. The van der Waals surface area contributed by atoms with Gasteiger partial charge in [-0.25, -0.2) is 0 Å². The molecular formula is C12H26O2. The molecule has 2 nitrogen and oxygen atoms in total. The molecule has 3 unspecified atom stereocenters. The lowest BCUT2D eigenvalue weighted by atomic mass is 9.75. The Labute approximate surface area is 88.3 Å². The van der Waals surface area contributed by atoms with Crippen LogP contribution in [0.1, 0.15) is 48.0 Å². The van der Waals surface area contributed by atoms with Gasteiger partial charge in [-0.3, -0.25) is 0 Å². The van der Waals surface area contributed by atoms with E-state index in [4.69, 9.17) is 0 Å². The first-order valence-electron chi connectivity index (χ1n) is 5.58. The third kappa shape index (κ3) is 3.58. The van der Waals surface area contributed by atoms with Crippen molar-refractivity contribution < 1.29 is 10.2 Å². The molecular weight excluding hydrogens is 176 g/mol. The van der Waals surface area contributed by atoms with Gasteiger partial charge >= 0.3 is 0 Å². The molecule has 0 aliphatic heterocycles. The topological polar surface area (TPSA) is 40.5 Å². The lowest BCUT2D eigenvalue weighted by Crippen LogP contribution is -2.41. The van der Waals surface area contributed by atoms with Crippen molar-refractivity contribution in [1.82, 2.24) is 0 Å². The van der Waals surface area contributed by atoms with Gasteiger partial charge in [0.2, 0.25) is 0 Å². The Bertz CT molecular complexity index is 158. The molecule has 0 heterocycles. The van der Waals surface area contributed by atoms with Gasteiger partial charge in [0.05, 0.1) is 12.2 Å². The molecule has 0 rings (SSSR count). The van der Waals surface area contributed by atoms with Crippen molar-refractivity contribution >= 4 is 0 Å². The molecule has 0 amide bonds. The van der Waals surface area contributed by atoms with Crippen molar-refractivity contribution in [1.29, 1.82) is 0 Å². The van der Waals surface area contributed by atoms with Gasteiger partial charge in [0, 0.05) is 5.92 Å². The van der Waals surface area contributed by atoms with Crippen LogP contribution in [-0.2, 0) is 0 Å². The Morgan fingerprint density at radius 3 is 1.71 bits per heavy atom. The van der Waals surface area contributed by atoms with Crippen LogP contribution in [0.15, 0.2) is 0 Å². The fraction of sp³-hybridized carbons (Fsp3) is 1.00. The summed E-state index contributed by atoms with van der Waals surface area (Å²) in [5, 5.41) is 20.1. The van der Waals surface area contributed by atoms with Crippen LogP contribution in [0.5, 0.6) is 0 Å². The fourth-order valence-corrected chi connectivity index (χ4v) is 1.79. The SMILES string of the molecule is CCC(C(O)C(C)C)C(O)C(C)(C)C. The lowest BCUT2D eigenvalue weighted by Gasteiger charge is -2.36. The van der Waals surface area contributed by atoms with E-state index < -0.39 is 12.2 Å². The van der Waals surface area contributed by atoms with Crippen molar-refractivity contribution in [3.8, 4) is 0 Å². The van der Waals surface area contributed by atoms with Gasteiger partial charge in [0.25, 0.3) is 0 Å². The quantitative estimate of drug-likeness (QED) is 0.735. The zero-order chi connectivity index (χ0) is 11.5. The Morgan fingerprint density at radius 2 is 1.50 bits per heavy atom. The lowest BCUT2D eigenvalue weighted by molar-refractivity contribution is -0.0594. The second kappa shape index (κ2) is 5.13. The number of aliphatic hydroxyl groups is 2. The van der Waals surface area contributed by atoms with E-state index in [2.05, 4.69) is 0 Å². The van der Waals surface area contributed by atoms with E-state index >= 15 is 0 Å². The fourth-order valence-electron chi connectivity index (χ4n) is 1.79. The Morgan fingerprint density at radius 1 is 1.07 bits per heavy atom. The first-order chi connectivity index (χ1) is 6.21. The minimum Gasteiger partial charge on any atom is -0.392 e. The maximum absolute atomic E-state index is 10.1. The standard InChI is InChI=1S/C12H26O2/c1-7-9(10(13)8(2)3)11(14)12(4,5)6/h8-11,13-14H,7H2,1-6H3. The van der Waals surface area contributed by atoms with Crippen LogP contribution in [0.2, 0.25) is 0 Å². The summed E-state index contributed by atoms with van der Waals surface area (Å²) >= 11 is 0. The summed E-state index contributed by atoms with van der Waals surface area (Å²) in [5.74, 6) is 0.187. The third-order valence-corrected chi connectivity index (χ3v) is 2.89. The Balaban J connectivity index is 4.56. The van der Waals surface area contributed by atoms with Crippen LogP contribution >= 0.6 is 0 Å². The van der Waals surface area contributed by atoms with E-state index in [9.17, 15) is 10.2 Å². The van der Waals surface area contributed by atoms with Crippen molar-refractivity contribution in [2.45, 2.75) is 60.2 Å². The monoisotopic (exact) mass is 202 g/mol. The van der Waals surface area contributed by atoms with Gasteiger partial charge in [-0.1, -0.05) is 41.5 Å². The van der Waals surface area contributed by atoms with Crippen LogP contribution in [0.3, 0.4) is 0 Å². The average Bonchev–Trinajstić information content (AvgIpc) is 2.03. The van der Waals surface area contributed by atoms with E-state index in [1.54, 1.807) is 0 Å².